The van der Waals surface area contributed by atoms with Crippen molar-refractivity contribution >= 4 is 11.5 Å². The number of nitrogen functional groups attached to an aromatic ring is 1. The van der Waals surface area contributed by atoms with E-state index in [1.54, 1.807) is 0 Å². The van der Waals surface area contributed by atoms with E-state index in [0.29, 0.717) is 6.04 Å². The van der Waals surface area contributed by atoms with Gasteiger partial charge < -0.3 is 11.1 Å². The summed E-state index contributed by atoms with van der Waals surface area (Å²) in [5.74, 6) is 0.927. The van der Waals surface area contributed by atoms with Gasteiger partial charge in [0.15, 0.2) is 0 Å². The van der Waals surface area contributed by atoms with Gasteiger partial charge in [-0.3, -0.25) is 4.68 Å². The topological polar surface area (TPSA) is 73.7 Å². The zero-order chi connectivity index (χ0) is 15.6. The molecule has 6 nitrogen and oxygen atoms in total. The van der Waals surface area contributed by atoms with Gasteiger partial charge in [-0.15, -0.1) is 0 Å². The minimum atomic E-state index is 0.291. The summed E-state index contributed by atoms with van der Waals surface area (Å²) in [4.78, 5) is 0. The molecule has 0 aromatic carbocycles. The van der Waals surface area contributed by atoms with Crippen LogP contribution in [0.3, 0.4) is 0 Å². The van der Waals surface area contributed by atoms with E-state index in [0.717, 1.165) is 42.4 Å². The molecule has 2 aromatic rings. The van der Waals surface area contributed by atoms with Gasteiger partial charge in [-0.1, -0.05) is 0 Å². The Kier molecular flexibility index (Phi) is 4.55. The number of aryl methyl sites for hydroxylation is 4. The lowest BCUT2D eigenvalue weighted by Gasteiger charge is -2.13. The van der Waals surface area contributed by atoms with Gasteiger partial charge in [-0.05, 0) is 47.1 Å². The van der Waals surface area contributed by atoms with Crippen LogP contribution in [0, 0.1) is 20.8 Å². The zero-order valence-electron chi connectivity index (χ0n) is 13.6. The molecule has 0 aliphatic carbocycles. The van der Waals surface area contributed by atoms with Crippen molar-refractivity contribution in [1.29, 1.82) is 0 Å². The van der Waals surface area contributed by atoms with Crippen molar-refractivity contribution in [2.24, 2.45) is 0 Å². The number of rotatable bonds is 6. The van der Waals surface area contributed by atoms with Crippen LogP contribution in [0.1, 0.15) is 43.4 Å². The third kappa shape index (κ3) is 3.37. The molecule has 0 aliphatic rings. The van der Waals surface area contributed by atoms with Crippen molar-refractivity contribution in [3.8, 4) is 0 Å². The van der Waals surface area contributed by atoms with Crippen LogP contribution in [0.5, 0.6) is 0 Å². The van der Waals surface area contributed by atoms with Crippen LogP contribution in [0.2, 0.25) is 0 Å². The molecule has 0 unspecified atom stereocenters. The fourth-order valence-corrected chi connectivity index (χ4v) is 2.45. The molecule has 0 spiro atoms. The monoisotopic (exact) mass is 290 g/mol. The number of nitrogens with zero attached hydrogens (tertiary/aromatic N) is 4. The highest BCUT2D eigenvalue weighted by atomic mass is 15.4. The molecule has 0 fully saturated rings. The van der Waals surface area contributed by atoms with E-state index in [9.17, 15) is 0 Å². The highest BCUT2D eigenvalue weighted by molar-refractivity contribution is 5.64. The first-order valence-corrected chi connectivity index (χ1v) is 7.49. The number of hydrogen-bond donors (Lipinski definition) is 2. The van der Waals surface area contributed by atoms with Crippen LogP contribution in [0.25, 0.3) is 0 Å². The minimum Gasteiger partial charge on any atom is -0.394 e. The van der Waals surface area contributed by atoms with Crippen LogP contribution in [0.15, 0.2) is 6.07 Å². The van der Waals surface area contributed by atoms with Crippen molar-refractivity contribution in [3.63, 3.8) is 0 Å². The van der Waals surface area contributed by atoms with Gasteiger partial charge in [0.05, 0.1) is 17.1 Å². The summed E-state index contributed by atoms with van der Waals surface area (Å²) in [7, 11) is 0. The normalized spacial score (nSPS) is 11.3. The van der Waals surface area contributed by atoms with Gasteiger partial charge in [0.25, 0.3) is 0 Å². The molecule has 21 heavy (non-hydrogen) atoms. The first-order chi connectivity index (χ1) is 9.90. The fraction of sp³-hybridized carbons (Fsp3) is 0.600. The Labute approximate surface area is 126 Å². The van der Waals surface area contributed by atoms with E-state index in [1.165, 1.54) is 5.69 Å². The quantitative estimate of drug-likeness (QED) is 0.802. The van der Waals surface area contributed by atoms with Gasteiger partial charge in [-0.2, -0.15) is 10.2 Å². The van der Waals surface area contributed by atoms with E-state index in [4.69, 9.17) is 5.73 Å². The third-order valence-electron chi connectivity index (χ3n) is 3.56. The number of nitrogens with two attached hydrogens (primary N) is 1. The number of aromatic nitrogens is 4. The van der Waals surface area contributed by atoms with Gasteiger partial charge in [-0.25, -0.2) is 4.68 Å². The molecule has 0 atom stereocenters. The molecule has 0 aliphatic heterocycles. The number of hydrogen-bond acceptors (Lipinski definition) is 4. The van der Waals surface area contributed by atoms with E-state index in [1.807, 2.05) is 23.2 Å². The standard InChI is InChI=1S/C15H26N6/c1-10(2)21-15(14(16)13(5)19-21)17-7-6-8-20-12(4)9-11(3)18-20/h9-10,17H,6-8,16H2,1-5H3. The lowest BCUT2D eigenvalue weighted by atomic mass is 10.3. The summed E-state index contributed by atoms with van der Waals surface area (Å²) in [6, 6.07) is 2.39. The van der Waals surface area contributed by atoms with Crippen molar-refractivity contribution in [1.82, 2.24) is 19.6 Å². The molecule has 0 radical (unpaired) electrons. The molecule has 0 bridgehead atoms. The van der Waals surface area contributed by atoms with E-state index in [-0.39, 0.29) is 0 Å². The lowest BCUT2D eigenvalue weighted by molar-refractivity contribution is 0.530. The van der Waals surface area contributed by atoms with Gasteiger partial charge >= 0.3 is 0 Å². The Morgan fingerprint density at radius 2 is 1.95 bits per heavy atom. The maximum absolute atomic E-state index is 6.10. The molecule has 0 saturated heterocycles. The van der Waals surface area contributed by atoms with E-state index < -0.39 is 0 Å². The van der Waals surface area contributed by atoms with Gasteiger partial charge in [0.2, 0.25) is 0 Å². The lowest BCUT2D eigenvalue weighted by Crippen LogP contribution is -2.14. The smallest absolute Gasteiger partial charge is 0.148 e. The molecular formula is C15H26N6. The highest BCUT2D eigenvalue weighted by Gasteiger charge is 2.14. The summed E-state index contributed by atoms with van der Waals surface area (Å²) in [6.45, 7) is 12.0. The second kappa shape index (κ2) is 6.20. The average Bonchev–Trinajstić information content (AvgIpc) is 2.87. The Hall–Kier alpha value is -1.98. The summed E-state index contributed by atoms with van der Waals surface area (Å²) in [5.41, 5.74) is 9.99. The van der Waals surface area contributed by atoms with Crippen LogP contribution in [-0.2, 0) is 6.54 Å². The Balaban J connectivity index is 1.93. The summed E-state index contributed by atoms with van der Waals surface area (Å²) >= 11 is 0. The van der Waals surface area contributed by atoms with Crippen LogP contribution in [-0.4, -0.2) is 26.1 Å². The third-order valence-corrected chi connectivity index (χ3v) is 3.56. The summed E-state index contributed by atoms with van der Waals surface area (Å²) < 4.78 is 4.00. The number of nitrogens with one attached hydrogen (secondary N) is 1. The first kappa shape index (κ1) is 15.4. The summed E-state index contributed by atoms with van der Waals surface area (Å²) in [5, 5.41) is 12.4. The molecule has 2 heterocycles. The Morgan fingerprint density at radius 1 is 1.24 bits per heavy atom. The molecule has 2 aromatic heterocycles. The molecular weight excluding hydrogens is 264 g/mol. The maximum Gasteiger partial charge on any atom is 0.148 e. The first-order valence-electron chi connectivity index (χ1n) is 7.49. The van der Waals surface area contributed by atoms with Crippen molar-refractivity contribution in [2.45, 2.75) is 53.6 Å². The fourth-order valence-electron chi connectivity index (χ4n) is 2.45. The molecule has 2 rings (SSSR count). The van der Waals surface area contributed by atoms with Crippen LogP contribution in [0.4, 0.5) is 11.5 Å². The van der Waals surface area contributed by atoms with Crippen molar-refractivity contribution in [2.75, 3.05) is 17.6 Å². The largest absolute Gasteiger partial charge is 0.394 e. The molecule has 6 heteroatoms. The van der Waals surface area contributed by atoms with Crippen LogP contribution < -0.4 is 11.1 Å². The number of anilines is 2. The van der Waals surface area contributed by atoms with Crippen molar-refractivity contribution in [3.05, 3.63) is 23.1 Å². The molecule has 0 saturated carbocycles. The second-order valence-electron chi connectivity index (χ2n) is 5.82. The van der Waals surface area contributed by atoms with E-state index >= 15 is 0 Å². The summed E-state index contributed by atoms with van der Waals surface area (Å²) in [6.07, 6.45) is 0.990. The molecule has 3 N–H and O–H groups in total. The van der Waals surface area contributed by atoms with E-state index in [2.05, 4.69) is 42.4 Å². The second-order valence-corrected chi connectivity index (χ2v) is 5.82. The van der Waals surface area contributed by atoms with Gasteiger partial charge in [0.1, 0.15) is 5.82 Å². The Morgan fingerprint density at radius 3 is 2.52 bits per heavy atom. The SMILES string of the molecule is Cc1cc(C)n(CCCNc2c(N)c(C)nn2C(C)C)n1. The maximum atomic E-state index is 6.10. The predicted octanol–water partition coefficient (Wildman–Crippen LogP) is 2.67. The van der Waals surface area contributed by atoms with Crippen LogP contribution >= 0.6 is 0 Å². The average molecular weight is 290 g/mol. The predicted molar refractivity (Wildman–Crippen MR) is 86.6 cm³/mol. The molecule has 116 valence electrons. The zero-order valence-corrected chi connectivity index (χ0v) is 13.6. The van der Waals surface area contributed by atoms with Crippen molar-refractivity contribution < 1.29 is 0 Å². The Bertz CT molecular complexity index is 608. The molecule has 0 amide bonds. The minimum absolute atomic E-state index is 0.291. The highest BCUT2D eigenvalue weighted by Crippen LogP contribution is 2.25. The van der Waals surface area contributed by atoms with Gasteiger partial charge in [0, 0.05) is 24.8 Å².